The minimum Gasteiger partial charge on any atom is -0.427 e. The number of rotatable bonds is 0. The molecule has 0 N–H and O–H groups in total. The van der Waals surface area contributed by atoms with Crippen LogP contribution >= 0.6 is 11.8 Å². The highest BCUT2D eigenvalue weighted by molar-refractivity contribution is 7.99. The molecule has 0 aromatic carbocycles. The standard InChI is InChI=1S/C7H8O2S/c1-5-3-10-4-6(2)9-7(5)8/h1-4H2. The maximum Gasteiger partial charge on any atom is 0.339 e. The highest BCUT2D eigenvalue weighted by atomic mass is 32.2. The fourth-order valence-electron chi connectivity index (χ4n) is 0.580. The molecular weight excluding hydrogens is 148 g/mol. The van der Waals surface area contributed by atoms with E-state index in [-0.39, 0.29) is 5.97 Å². The molecule has 0 aliphatic carbocycles. The molecule has 0 aromatic rings. The SMILES string of the molecule is C=C1CSCC(=C)C(=O)O1. The first-order valence-corrected chi connectivity index (χ1v) is 4.01. The molecule has 0 aromatic heterocycles. The number of carbonyl (C=O) groups excluding carboxylic acids is 1. The van der Waals surface area contributed by atoms with Gasteiger partial charge in [0.2, 0.25) is 0 Å². The third-order valence-corrected chi connectivity index (χ3v) is 2.14. The molecule has 1 aliphatic heterocycles. The van der Waals surface area contributed by atoms with Crippen molar-refractivity contribution >= 4 is 17.7 Å². The van der Waals surface area contributed by atoms with Gasteiger partial charge >= 0.3 is 5.97 Å². The quantitative estimate of drug-likeness (QED) is 0.391. The molecule has 3 heteroatoms. The van der Waals surface area contributed by atoms with Crippen molar-refractivity contribution in [3.05, 3.63) is 24.5 Å². The fraction of sp³-hybridized carbons (Fsp3) is 0.286. The van der Waals surface area contributed by atoms with Gasteiger partial charge in [-0.1, -0.05) is 13.2 Å². The van der Waals surface area contributed by atoms with Crippen molar-refractivity contribution < 1.29 is 9.53 Å². The summed E-state index contributed by atoms with van der Waals surface area (Å²) in [5, 5.41) is 0. The molecule has 0 radical (unpaired) electrons. The van der Waals surface area contributed by atoms with Gasteiger partial charge in [0.1, 0.15) is 5.76 Å². The van der Waals surface area contributed by atoms with E-state index in [2.05, 4.69) is 13.2 Å². The van der Waals surface area contributed by atoms with Crippen LogP contribution in [0, 0.1) is 0 Å². The van der Waals surface area contributed by atoms with E-state index < -0.39 is 0 Å². The minimum absolute atomic E-state index is 0.338. The van der Waals surface area contributed by atoms with Crippen molar-refractivity contribution in [1.29, 1.82) is 0 Å². The van der Waals surface area contributed by atoms with Gasteiger partial charge in [0.05, 0.1) is 5.75 Å². The molecule has 0 unspecified atom stereocenters. The zero-order valence-corrected chi connectivity index (χ0v) is 6.37. The third kappa shape index (κ3) is 1.64. The maximum absolute atomic E-state index is 10.8. The molecule has 1 heterocycles. The molecule has 1 rings (SSSR count). The Bertz CT molecular complexity index is 196. The van der Waals surface area contributed by atoms with Crippen LogP contribution in [0.4, 0.5) is 0 Å². The number of cyclic esters (lactones) is 1. The van der Waals surface area contributed by atoms with Crippen molar-refractivity contribution in [3.63, 3.8) is 0 Å². The Balaban J connectivity index is 2.66. The van der Waals surface area contributed by atoms with Gasteiger partial charge in [0.25, 0.3) is 0 Å². The summed E-state index contributed by atoms with van der Waals surface area (Å²) in [6, 6.07) is 0. The fourth-order valence-corrected chi connectivity index (χ4v) is 1.33. The maximum atomic E-state index is 10.8. The second-order valence-corrected chi connectivity index (χ2v) is 3.01. The Hall–Kier alpha value is -0.700. The van der Waals surface area contributed by atoms with Gasteiger partial charge in [-0.2, -0.15) is 0 Å². The number of thioether (sulfide) groups is 1. The topological polar surface area (TPSA) is 26.3 Å². The van der Waals surface area contributed by atoms with Gasteiger partial charge in [-0.25, -0.2) is 4.79 Å². The Labute approximate surface area is 63.9 Å². The van der Waals surface area contributed by atoms with E-state index >= 15 is 0 Å². The summed E-state index contributed by atoms with van der Waals surface area (Å²) in [7, 11) is 0. The lowest BCUT2D eigenvalue weighted by Gasteiger charge is -1.98. The number of hydrogen-bond donors (Lipinski definition) is 0. The van der Waals surface area contributed by atoms with Crippen LogP contribution in [0.25, 0.3) is 0 Å². The first-order chi connectivity index (χ1) is 4.70. The van der Waals surface area contributed by atoms with Crippen LogP contribution < -0.4 is 0 Å². The van der Waals surface area contributed by atoms with E-state index in [1.165, 1.54) is 0 Å². The van der Waals surface area contributed by atoms with Gasteiger partial charge in [-0.15, -0.1) is 11.8 Å². The second kappa shape index (κ2) is 2.92. The summed E-state index contributed by atoms with van der Waals surface area (Å²) in [5.41, 5.74) is 0.517. The number of ether oxygens (including phenoxy) is 1. The molecule has 0 amide bonds. The van der Waals surface area contributed by atoms with Crippen molar-refractivity contribution in [2.45, 2.75) is 0 Å². The lowest BCUT2D eigenvalue weighted by molar-refractivity contribution is -0.134. The number of hydrogen-bond acceptors (Lipinski definition) is 3. The first-order valence-electron chi connectivity index (χ1n) is 2.85. The Morgan fingerprint density at radius 2 is 2.10 bits per heavy atom. The van der Waals surface area contributed by atoms with E-state index in [1.807, 2.05) is 0 Å². The third-order valence-electron chi connectivity index (χ3n) is 1.07. The van der Waals surface area contributed by atoms with Gasteiger partial charge < -0.3 is 4.74 Å². The van der Waals surface area contributed by atoms with Crippen molar-refractivity contribution in [1.82, 2.24) is 0 Å². The smallest absolute Gasteiger partial charge is 0.339 e. The normalized spacial score (nSPS) is 20.2. The molecule has 0 atom stereocenters. The summed E-state index contributed by atoms with van der Waals surface area (Å²) in [6.07, 6.45) is 0. The predicted octanol–water partition coefficient (Wildman–Crippen LogP) is 1.35. The highest BCUT2D eigenvalue weighted by Crippen LogP contribution is 2.17. The van der Waals surface area contributed by atoms with E-state index in [0.717, 1.165) is 0 Å². The van der Waals surface area contributed by atoms with Gasteiger partial charge in [-0.3, -0.25) is 0 Å². The van der Waals surface area contributed by atoms with Gasteiger partial charge in [0, 0.05) is 11.3 Å². The van der Waals surface area contributed by atoms with E-state index in [9.17, 15) is 4.79 Å². The Morgan fingerprint density at radius 1 is 1.40 bits per heavy atom. The molecule has 54 valence electrons. The van der Waals surface area contributed by atoms with Crippen LogP contribution in [0.2, 0.25) is 0 Å². The number of esters is 1. The predicted molar refractivity (Wildman–Crippen MR) is 41.7 cm³/mol. The second-order valence-electron chi connectivity index (χ2n) is 2.02. The van der Waals surface area contributed by atoms with Crippen LogP contribution in [-0.2, 0) is 9.53 Å². The van der Waals surface area contributed by atoms with Gasteiger partial charge in [-0.05, 0) is 0 Å². The van der Waals surface area contributed by atoms with E-state index in [0.29, 0.717) is 22.8 Å². The lowest BCUT2D eigenvalue weighted by Crippen LogP contribution is -2.04. The van der Waals surface area contributed by atoms with Crippen molar-refractivity contribution in [3.8, 4) is 0 Å². The minimum atomic E-state index is -0.338. The van der Waals surface area contributed by atoms with Crippen LogP contribution in [0.1, 0.15) is 0 Å². The zero-order chi connectivity index (χ0) is 7.56. The van der Waals surface area contributed by atoms with Crippen LogP contribution in [0.5, 0.6) is 0 Å². The van der Waals surface area contributed by atoms with E-state index in [4.69, 9.17) is 4.74 Å². The summed E-state index contributed by atoms with van der Waals surface area (Å²) in [6.45, 7) is 7.11. The highest BCUT2D eigenvalue weighted by Gasteiger charge is 2.14. The van der Waals surface area contributed by atoms with Crippen molar-refractivity contribution in [2.75, 3.05) is 11.5 Å². The van der Waals surface area contributed by atoms with Gasteiger partial charge in [0.15, 0.2) is 0 Å². The average molecular weight is 156 g/mol. The molecule has 1 saturated heterocycles. The number of carbonyl (C=O) groups is 1. The summed E-state index contributed by atoms with van der Waals surface area (Å²) < 4.78 is 4.77. The summed E-state index contributed by atoms with van der Waals surface area (Å²) >= 11 is 1.59. The zero-order valence-electron chi connectivity index (χ0n) is 5.55. The monoisotopic (exact) mass is 156 g/mol. The lowest BCUT2D eigenvalue weighted by atomic mass is 10.4. The molecule has 0 spiro atoms. The van der Waals surface area contributed by atoms with E-state index in [1.54, 1.807) is 11.8 Å². The summed E-state index contributed by atoms with van der Waals surface area (Å²) in [4.78, 5) is 10.8. The molecule has 0 saturated carbocycles. The molecule has 1 fully saturated rings. The van der Waals surface area contributed by atoms with Crippen molar-refractivity contribution in [2.24, 2.45) is 0 Å². The molecule has 2 nitrogen and oxygen atoms in total. The molecular formula is C7H8O2S. The Morgan fingerprint density at radius 3 is 2.80 bits per heavy atom. The molecule has 1 aliphatic rings. The average Bonchev–Trinajstić information content (AvgIpc) is 1.96. The van der Waals surface area contributed by atoms with Crippen LogP contribution in [0.3, 0.4) is 0 Å². The Kier molecular flexibility index (Phi) is 2.17. The molecule has 0 bridgehead atoms. The molecule has 10 heavy (non-hydrogen) atoms. The van der Waals surface area contributed by atoms with Crippen LogP contribution in [0.15, 0.2) is 24.5 Å². The first kappa shape index (κ1) is 7.41. The van der Waals surface area contributed by atoms with Crippen LogP contribution in [-0.4, -0.2) is 17.5 Å². The summed E-state index contributed by atoms with van der Waals surface area (Å²) in [5.74, 6) is 1.52. The largest absolute Gasteiger partial charge is 0.427 e.